The molecule has 0 aliphatic heterocycles. The van der Waals surface area contributed by atoms with Crippen LogP contribution in [-0.2, 0) is 0 Å². The van der Waals surface area contributed by atoms with Gasteiger partial charge in [0.05, 0.1) is 26.4 Å². The topological polar surface area (TPSA) is 86.3 Å². The van der Waals surface area contributed by atoms with Crippen molar-refractivity contribution < 1.29 is 14.6 Å². The highest BCUT2D eigenvalue weighted by Gasteiger charge is 2.23. The first-order valence-electron chi connectivity index (χ1n) is 6.28. The third kappa shape index (κ3) is 2.60. The van der Waals surface area contributed by atoms with E-state index in [4.69, 9.17) is 20.0 Å². The van der Waals surface area contributed by atoms with Crippen LogP contribution < -0.4 is 9.47 Å². The molecule has 5 nitrogen and oxygen atoms in total. The first kappa shape index (κ1) is 14.6. The Morgan fingerprint density at radius 2 is 1.71 bits per heavy atom. The van der Waals surface area contributed by atoms with Gasteiger partial charge in [0.15, 0.2) is 5.92 Å². The van der Waals surface area contributed by atoms with Crippen LogP contribution in [-0.4, -0.2) is 19.3 Å². The van der Waals surface area contributed by atoms with E-state index in [-0.39, 0.29) is 0 Å². The highest BCUT2D eigenvalue weighted by Crippen LogP contribution is 2.39. The second-order valence-electron chi connectivity index (χ2n) is 4.43. The molecule has 0 amide bonds. The minimum atomic E-state index is -0.987. The van der Waals surface area contributed by atoms with Gasteiger partial charge in [0.1, 0.15) is 17.6 Å². The second kappa shape index (κ2) is 6.13. The average molecular weight is 282 g/mol. The van der Waals surface area contributed by atoms with Crippen molar-refractivity contribution in [2.45, 2.75) is 6.10 Å². The number of fused-ring (bicyclic) bond motifs is 1. The maximum atomic E-state index is 10.4. The first-order valence-corrected chi connectivity index (χ1v) is 6.28. The number of rotatable bonds is 3. The standard InChI is InChI=1S/C16H14N2O3/c1-20-14-5-6-15(21-2)16-12(14)4-3-10(7-13(16)19)11(8-17)9-18/h3-7,11,13,19H,1-2H3. The van der Waals surface area contributed by atoms with Crippen molar-refractivity contribution in [2.24, 2.45) is 5.92 Å². The largest absolute Gasteiger partial charge is 0.496 e. The number of hydrogen-bond acceptors (Lipinski definition) is 5. The van der Waals surface area contributed by atoms with Crippen LogP contribution in [0.25, 0.3) is 6.08 Å². The Balaban J connectivity index is 2.62. The molecule has 1 aliphatic rings. The van der Waals surface area contributed by atoms with Gasteiger partial charge in [-0.05, 0) is 23.8 Å². The number of methoxy groups -OCH3 is 2. The summed E-state index contributed by atoms with van der Waals surface area (Å²) in [6.07, 6.45) is 3.87. The zero-order valence-electron chi connectivity index (χ0n) is 11.7. The van der Waals surface area contributed by atoms with Gasteiger partial charge < -0.3 is 14.6 Å². The van der Waals surface area contributed by atoms with Gasteiger partial charge >= 0.3 is 0 Å². The predicted octanol–water partition coefficient (Wildman–Crippen LogP) is 2.35. The van der Waals surface area contributed by atoms with Crippen molar-refractivity contribution in [3.05, 3.63) is 41.0 Å². The van der Waals surface area contributed by atoms with E-state index in [1.54, 1.807) is 24.3 Å². The molecule has 1 aromatic carbocycles. The lowest BCUT2D eigenvalue weighted by Crippen LogP contribution is -2.03. The second-order valence-corrected chi connectivity index (χ2v) is 4.43. The maximum absolute atomic E-state index is 10.4. The molecule has 0 radical (unpaired) electrons. The first-order chi connectivity index (χ1) is 10.2. The minimum Gasteiger partial charge on any atom is -0.496 e. The molecular formula is C16H14N2O3. The van der Waals surface area contributed by atoms with Crippen molar-refractivity contribution in [1.29, 1.82) is 10.5 Å². The smallest absolute Gasteiger partial charge is 0.158 e. The van der Waals surface area contributed by atoms with Gasteiger partial charge in [0.25, 0.3) is 0 Å². The van der Waals surface area contributed by atoms with Crippen molar-refractivity contribution >= 4 is 6.08 Å². The van der Waals surface area contributed by atoms with Crippen LogP contribution in [0.4, 0.5) is 0 Å². The number of benzene rings is 1. The van der Waals surface area contributed by atoms with Crippen molar-refractivity contribution in [2.75, 3.05) is 14.2 Å². The molecule has 1 unspecified atom stereocenters. The fourth-order valence-electron chi connectivity index (χ4n) is 2.30. The Kier molecular flexibility index (Phi) is 4.27. The highest BCUT2D eigenvalue weighted by atomic mass is 16.5. The quantitative estimate of drug-likeness (QED) is 0.919. The van der Waals surface area contributed by atoms with E-state index in [2.05, 4.69) is 0 Å². The molecule has 5 heteroatoms. The summed E-state index contributed by atoms with van der Waals surface area (Å²) in [5, 5.41) is 28.4. The van der Waals surface area contributed by atoms with E-state index in [1.807, 2.05) is 12.1 Å². The van der Waals surface area contributed by atoms with E-state index < -0.39 is 12.0 Å². The summed E-state index contributed by atoms with van der Waals surface area (Å²) in [7, 11) is 3.05. The van der Waals surface area contributed by atoms with Gasteiger partial charge in [-0.25, -0.2) is 0 Å². The van der Waals surface area contributed by atoms with Crippen LogP contribution in [0.15, 0.2) is 29.9 Å². The lowest BCUT2D eigenvalue weighted by Gasteiger charge is -2.16. The number of hydrogen-bond donors (Lipinski definition) is 1. The molecule has 0 saturated heterocycles. The number of allylic oxidation sites excluding steroid dienone is 2. The molecule has 21 heavy (non-hydrogen) atoms. The molecule has 2 rings (SSSR count). The Morgan fingerprint density at radius 1 is 1.10 bits per heavy atom. The number of aliphatic hydroxyl groups is 1. The lowest BCUT2D eigenvalue weighted by atomic mass is 9.99. The van der Waals surface area contributed by atoms with Crippen LogP contribution in [0.5, 0.6) is 11.5 Å². The van der Waals surface area contributed by atoms with Crippen LogP contribution in [0, 0.1) is 28.6 Å². The molecule has 0 heterocycles. The van der Waals surface area contributed by atoms with Crippen molar-refractivity contribution in [3.8, 4) is 23.6 Å². The monoisotopic (exact) mass is 282 g/mol. The number of nitrogens with zero attached hydrogens (tertiary/aromatic N) is 2. The fourth-order valence-corrected chi connectivity index (χ4v) is 2.30. The summed E-state index contributed by atoms with van der Waals surface area (Å²) in [5.41, 5.74) is 1.68. The van der Waals surface area contributed by atoms with Crippen LogP contribution in [0.1, 0.15) is 17.2 Å². The van der Waals surface area contributed by atoms with E-state index in [9.17, 15) is 5.11 Å². The third-order valence-corrected chi connectivity index (χ3v) is 3.33. The molecule has 0 aromatic heterocycles. The summed E-state index contributed by atoms with van der Waals surface area (Å²) in [6, 6.07) is 7.25. The zero-order chi connectivity index (χ0) is 15.4. The molecule has 0 spiro atoms. The molecule has 0 saturated carbocycles. The van der Waals surface area contributed by atoms with Crippen LogP contribution >= 0.6 is 0 Å². The molecule has 1 N–H and O–H groups in total. The third-order valence-electron chi connectivity index (χ3n) is 3.33. The van der Waals surface area contributed by atoms with Gasteiger partial charge in [-0.3, -0.25) is 0 Å². The normalized spacial score (nSPS) is 16.3. The highest BCUT2D eigenvalue weighted by molar-refractivity contribution is 5.69. The summed E-state index contributed by atoms with van der Waals surface area (Å²) in [4.78, 5) is 0. The molecule has 106 valence electrons. The van der Waals surface area contributed by atoms with E-state index in [1.165, 1.54) is 20.3 Å². The van der Waals surface area contributed by atoms with Crippen LogP contribution in [0.3, 0.4) is 0 Å². The van der Waals surface area contributed by atoms with E-state index in [0.29, 0.717) is 28.2 Å². The van der Waals surface area contributed by atoms with Gasteiger partial charge in [0.2, 0.25) is 0 Å². The SMILES string of the molecule is COc1ccc(OC)c2c1C=CC(C(C#N)C#N)=CC2O. The molecule has 0 fully saturated rings. The van der Waals surface area contributed by atoms with E-state index >= 15 is 0 Å². The Bertz CT molecular complexity index is 679. The number of nitriles is 2. The maximum Gasteiger partial charge on any atom is 0.158 e. The Labute approximate surface area is 123 Å². The predicted molar refractivity (Wildman–Crippen MR) is 76.3 cm³/mol. The number of ether oxygens (including phenoxy) is 2. The molecule has 0 bridgehead atoms. The summed E-state index contributed by atoms with van der Waals surface area (Å²) >= 11 is 0. The van der Waals surface area contributed by atoms with Gasteiger partial charge in [-0.15, -0.1) is 0 Å². The lowest BCUT2D eigenvalue weighted by molar-refractivity contribution is 0.221. The average Bonchev–Trinajstić information content (AvgIpc) is 2.68. The molecular weight excluding hydrogens is 268 g/mol. The fraction of sp³-hybridized carbons (Fsp3) is 0.250. The molecule has 1 atom stereocenters. The van der Waals surface area contributed by atoms with E-state index in [0.717, 1.165) is 0 Å². The van der Waals surface area contributed by atoms with Crippen LogP contribution in [0.2, 0.25) is 0 Å². The summed E-state index contributed by atoms with van der Waals surface area (Å²) in [5.74, 6) is 0.175. The summed E-state index contributed by atoms with van der Waals surface area (Å²) in [6.45, 7) is 0. The van der Waals surface area contributed by atoms with Crippen molar-refractivity contribution in [3.63, 3.8) is 0 Å². The Hall–Kier alpha value is -2.76. The summed E-state index contributed by atoms with van der Waals surface area (Å²) < 4.78 is 10.6. The Morgan fingerprint density at radius 3 is 2.29 bits per heavy atom. The molecule has 1 aromatic rings. The number of aliphatic hydroxyl groups excluding tert-OH is 1. The molecule has 1 aliphatic carbocycles. The zero-order valence-corrected chi connectivity index (χ0v) is 11.7. The van der Waals surface area contributed by atoms with Gasteiger partial charge in [0, 0.05) is 11.1 Å². The minimum absolute atomic E-state index is 0.452. The van der Waals surface area contributed by atoms with Gasteiger partial charge in [-0.2, -0.15) is 10.5 Å². The van der Waals surface area contributed by atoms with Crippen molar-refractivity contribution in [1.82, 2.24) is 0 Å². The van der Waals surface area contributed by atoms with Gasteiger partial charge in [-0.1, -0.05) is 12.2 Å².